The molecule has 1 aliphatic heterocycles. The summed E-state index contributed by atoms with van der Waals surface area (Å²) < 4.78 is 0. The minimum atomic E-state index is 0.125. The number of fused-ring (bicyclic) bond motifs is 1. The second kappa shape index (κ2) is 4.06. The molecule has 0 radical (unpaired) electrons. The van der Waals surface area contributed by atoms with E-state index in [9.17, 15) is 0 Å². The van der Waals surface area contributed by atoms with E-state index in [4.69, 9.17) is 0 Å². The van der Waals surface area contributed by atoms with Crippen molar-refractivity contribution in [1.82, 2.24) is 5.32 Å². The van der Waals surface area contributed by atoms with Crippen LogP contribution in [0.25, 0.3) is 10.8 Å². The van der Waals surface area contributed by atoms with Gasteiger partial charge in [-0.15, -0.1) is 0 Å². The van der Waals surface area contributed by atoms with Crippen LogP contribution in [-0.4, -0.2) is 12.8 Å². The first-order chi connectivity index (χ1) is 7.95. The van der Waals surface area contributed by atoms with Gasteiger partial charge in [-0.2, -0.15) is 0 Å². The van der Waals surface area contributed by atoms with Gasteiger partial charge in [0.25, 0.3) is 0 Å². The molecule has 1 N–H and O–H groups in total. The van der Waals surface area contributed by atoms with Crippen LogP contribution in [0.15, 0.2) is 47.5 Å². The van der Waals surface area contributed by atoms with Crippen LogP contribution in [0.2, 0.25) is 0 Å². The molecule has 80 valence electrons. The van der Waals surface area contributed by atoms with Gasteiger partial charge in [0.15, 0.2) is 0 Å². The van der Waals surface area contributed by atoms with Crippen LogP contribution >= 0.6 is 0 Å². The molecule has 2 aromatic carbocycles. The molecule has 0 aliphatic carbocycles. The average Bonchev–Trinajstić information content (AvgIpc) is 2.39. The van der Waals surface area contributed by atoms with Gasteiger partial charge in [0.1, 0.15) is 6.17 Å². The molecule has 0 fully saturated rings. The molecule has 0 saturated heterocycles. The second-order valence-corrected chi connectivity index (χ2v) is 4.05. The van der Waals surface area contributed by atoms with Gasteiger partial charge in [-0.05, 0) is 22.8 Å². The number of benzene rings is 2. The summed E-state index contributed by atoms with van der Waals surface area (Å²) in [6.07, 6.45) is 3.17. The zero-order valence-electron chi connectivity index (χ0n) is 9.06. The predicted octanol–water partition coefficient (Wildman–Crippen LogP) is 2.90. The fraction of sp³-hybridized carbons (Fsp3) is 0.214. The van der Waals surface area contributed by atoms with Crippen LogP contribution in [0.1, 0.15) is 18.2 Å². The predicted molar refractivity (Wildman–Crippen MR) is 67.8 cm³/mol. The first kappa shape index (κ1) is 9.55. The van der Waals surface area contributed by atoms with Crippen molar-refractivity contribution in [2.45, 2.75) is 12.6 Å². The number of hydrogen-bond donors (Lipinski definition) is 1. The first-order valence-corrected chi connectivity index (χ1v) is 5.68. The molecule has 1 heterocycles. The van der Waals surface area contributed by atoms with Crippen molar-refractivity contribution >= 4 is 17.0 Å². The average molecular weight is 210 g/mol. The molecule has 1 aliphatic rings. The fourth-order valence-electron chi connectivity index (χ4n) is 2.20. The maximum atomic E-state index is 4.51. The van der Waals surface area contributed by atoms with E-state index < -0.39 is 0 Å². The zero-order chi connectivity index (χ0) is 10.8. The molecule has 0 amide bonds. The van der Waals surface area contributed by atoms with E-state index in [0.717, 1.165) is 13.0 Å². The Kier molecular flexibility index (Phi) is 2.43. The van der Waals surface area contributed by atoms with E-state index in [1.807, 2.05) is 6.21 Å². The Labute approximate surface area is 95.0 Å². The van der Waals surface area contributed by atoms with Crippen LogP contribution in [0, 0.1) is 0 Å². The van der Waals surface area contributed by atoms with E-state index in [1.165, 1.54) is 16.3 Å². The van der Waals surface area contributed by atoms with Crippen molar-refractivity contribution in [3.8, 4) is 0 Å². The topological polar surface area (TPSA) is 24.4 Å². The van der Waals surface area contributed by atoms with E-state index in [1.54, 1.807) is 0 Å². The molecule has 0 saturated carbocycles. The van der Waals surface area contributed by atoms with Crippen molar-refractivity contribution in [2.75, 3.05) is 6.54 Å². The molecule has 0 spiro atoms. The Balaban J connectivity index is 2.15. The van der Waals surface area contributed by atoms with E-state index in [-0.39, 0.29) is 6.17 Å². The molecule has 2 nitrogen and oxygen atoms in total. The highest BCUT2D eigenvalue weighted by Gasteiger charge is 2.13. The third kappa shape index (κ3) is 1.61. The van der Waals surface area contributed by atoms with Crippen LogP contribution in [0.5, 0.6) is 0 Å². The molecular weight excluding hydrogens is 196 g/mol. The highest BCUT2D eigenvalue weighted by atomic mass is 15.1. The minimum Gasteiger partial charge on any atom is -0.292 e. The summed E-state index contributed by atoms with van der Waals surface area (Å²) in [6, 6.07) is 14.9. The number of nitrogens with one attached hydrogen (secondary N) is 1. The lowest BCUT2D eigenvalue weighted by Crippen LogP contribution is -2.25. The number of rotatable bonds is 1. The summed E-state index contributed by atoms with van der Waals surface area (Å²) in [5.41, 5.74) is 1.27. The second-order valence-electron chi connectivity index (χ2n) is 4.05. The summed E-state index contributed by atoms with van der Waals surface area (Å²) in [4.78, 5) is 4.51. The highest BCUT2D eigenvalue weighted by molar-refractivity contribution is 5.86. The summed E-state index contributed by atoms with van der Waals surface area (Å²) >= 11 is 0. The van der Waals surface area contributed by atoms with E-state index in [0.29, 0.717) is 0 Å². The molecule has 1 unspecified atom stereocenters. The van der Waals surface area contributed by atoms with Gasteiger partial charge >= 0.3 is 0 Å². The molecule has 0 aromatic heterocycles. The molecule has 3 rings (SSSR count). The maximum Gasteiger partial charge on any atom is 0.125 e. The van der Waals surface area contributed by atoms with Crippen molar-refractivity contribution in [2.24, 2.45) is 4.99 Å². The van der Waals surface area contributed by atoms with Crippen molar-refractivity contribution in [3.63, 3.8) is 0 Å². The minimum absolute atomic E-state index is 0.125. The Morgan fingerprint density at radius 2 is 1.94 bits per heavy atom. The molecule has 1 atom stereocenters. The third-order valence-electron chi connectivity index (χ3n) is 2.98. The molecule has 16 heavy (non-hydrogen) atoms. The smallest absolute Gasteiger partial charge is 0.125 e. The maximum absolute atomic E-state index is 4.51. The zero-order valence-corrected chi connectivity index (χ0v) is 9.06. The van der Waals surface area contributed by atoms with Gasteiger partial charge in [0, 0.05) is 12.8 Å². The molecule has 2 aromatic rings. The molecule has 2 heteroatoms. The molecular formula is C14H14N2. The third-order valence-corrected chi connectivity index (χ3v) is 2.98. The Bertz CT molecular complexity index is 526. The largest absolute Gasteiger partial charge is 0.292 e. The number of hydrogen-bond acceptors (Lipinski definition) is 2. The normalized spacial score (nSPS) is 20.1. The van der Waals surface area contributed by atoms with E-state index in [2.05, 4.69) is 52.8 Å². The van der Waals surface area contributed by atoms with Crippen LogP contribution in [0.3, 0.4) is 0 Å². The Morgan fingerprint density at radius 3 is 2.81 bits per heavy atom. The lowest BCUT2D eigenvalue weighted by molar-refractivity contribution is 0.551. The van der Waals surface area contributed by atoms with Crippen LogP contribution in [-0.2, 0) is 0 Å². The van der Waals surface area contributed by atoms with Crippen LogP contribution in [0.4, 0.5) is 0 Å². The quantitative estimate of drug-likeness (QED) is 0.769. The van der Waals surface area contributed by atoms with Gasteiger partial charge in [-0.1, -0.05) is 42.5 Å². The van der Waals surface area contributed by atoms with Gasteiger partial charge in [-0.3, -0.25) is 10.3 Å². The van der Waals surface area contributed by atoms with Crippen molar-refractivity contribution in [1.29, 1.82) is 0 Å². The van der Waals surface area contributed by atoms with Gasteiger partial charge < -0.3 is 0 Å². The first-order valence-electron chi connectivity index (χ1n) is 5.68. The van der Waals surface area contributed by atoms with Crippen molar-refractivity contribution in [3.05, 3.63) is 48.0 Å². The number of aliphatic imine (C=N–C) groups is 1. The highest BCUT2D eigenvalue weighted by Crippen LogP contribution is 2.25. The summed E-state index contributed by atoms with van der Waals surface area (Å²) in [5, 5.41) is 6.00. The molecule has 0 bridgehead atoms. The van der Waals surface area contributed by atoms with Gasteiger partial charge in [-0.25, -0.2) is 0 Å². The van der Waals surface area contributed by atoms with Crippen molar-refractivity contribution < 1.29 is 0 Å². The summed E-state index contributed by atoms with van der Waals surface area (Å²) in [7, 11) is 0. The van der Waals surface area contributed by atoms with Gasteiger partial charge in [0.2, 0.25) is 0 Å². The Hall–Kier alpha value is -1.67. The lowest BCUT2D eigenvalue weighted by atomic mass is 10.0. The lowest BCUT2D eigenvalue weighted by Gasteiger charge is -2.19. The monoisotopic (exact) mass is 210 g/mol. The van der Waals surface area contributed by atoms with Crippen LogP contribution < -0.4 is 5.32 Å². The standard InChI is InChI=1S/C14H14N2/c1-2-7-12-11(5-1)6-3-8-13(12)14-15-9-4-10-16-14/h1-3,5-9,14,16H,4,10H2. The van der Waals surface area contributed by atoms with Gasteiger partial charge in [0.05, 0.1) is 0 Å². The Morgan fingerprint density at radius 1 is 1.06 bits per heavy atom. The fourth-order valence-corrected chi connectivity index (χ4v) is 2.20. The summed E-state index contributed by atoms with van der Waals surface area (Å²) in [6.45, 7) is 1.01. The number of nitrogens with zero attached hydrogens (tertiary/aromatic N) is 1. The van der Waals surface area contributed by atoms with E-state index >= 15 is 0 Å². The summed E-state index contributed by atoms with van der Waals surface area (Å²) in [5.74, 6) is 0. The SMILES string of the molecule is C1=NC(c2cccc3ccccc23)NCC1.